The highest BCUT2D eigenvalue weighted by Gasteiger charge is 2.41. The average Bonchev–Trinajstić information content (AvgIpc) is 2.39. The maximum absolute atomic E-state index is 13.8. The van der Waals surface area contributed by atoms with Gasteiger partial charge < -0.3 is 5.11 Å². The Morgan fingerprint density at radius 1 is 1.05 bits per heavy atom. The Hall–Kier alpha value is -1.47. The van der Waals surface area contributed by atoms with Crippen LogP contribution in [0.4, 0.5) is 8.78 Å². The van der Waals surface area contributed by atoms with E-state index in [0.717, 1.165) is 44.2 Å². The molecule has 0 spiro atoms. The Labute approximate surface area is 118 Å². The number of hydrogen-bond acceptors (Lipinski definition) is 2. The van der Waals surface area contributed by atoms with Crippen LogP contribution in [-0.4, -0.2) is 5.11 Å². The Kier molecular flexibility index (Phi) is 4.72. The lowest BCUT2D eigenvalue weighted by molar-refractivity contribution is 0.0377. The molecule has 0 bridgehead atoms. The maximum Gasteiger partial charge on any atom is 0.132 e. The van der Waals surface area contributed by atoms with Crippen LogP contribution in [0.15, 0.2) is 18.2 Å². The number of aliphatic hydroxyl groups is 1. The monoisotopic (exact) mass is 279 g/mol. The van der Waals surface area contributed by atoms with Gasteiger partial charge in [0.15, 0.2) is 0 Å². The van der Waals surface area contributed by atoms with Gasteiger partial charge >= 0.3 is 0 Å². The topological polar surface area (TPSA) is 44.0 Å². The lowest BCUT2D eigenvalue weighted by Crippen LogP contribution is -2.30. The summed E-state index contributed by atoms with van der Waals surface area (Å²) in [7, 11) is 0. The van der Waals surface area contributed by atoms with Crippen LogP contribution in [0.5, 0.6) is 0 Å². The third-order valence-corrected chi connectivity index (χ3v) is 4.27. The molecule has 1 aromatic rings. The summed E-state index contributed by atoms with van der Waals surface area (Å²) < 4.78 is 27.7. The summed E-state index contributed by atoms with van der Waals surface area (Å²) in [6.07, 6.45) is 4.28. The Bertz CT molecular complexity index is 481. The molecule has 1 unspecified atom stereocenters. The lowest BCUT2D eigenvalue weighted by Gasteiger charge is -2.33. The van der Waals surface area contributed by atoms with E-state index < -0.39 is 23.2 Å². The van der Waals surface area contributed by atoms with E-state index in [1.165, 1.54) is 6.07 Å². The summed E-state index contributed by atoms with van der Waals surface area (Å²) >= 11 is 0. The fourth-order valence-corrected chi connectivity index (χ4v) is 3.03. The number of nitrogens with zero attached hydrogens (tertiary/aromatic N) is 1. The first kappa shape index (κ1) is 14.9. The quantitative estimate of drug-likeness (QED) is 0.879. The molecule has 0 amide bonds. The highest BCUT2D eigenvalue weighted by atomic mass is 19.1. The van der Waals surface area contributed by atoms with Gasteiger partial charge in [0.1, 0.15) is 17.7 Å². The zero-order chi connectivity index (χ0) is 14.6. The molecule has 4 heteroatoms. The average molecular weight is 279 g/mol. The van der Waals surface area contributed by atoms with Crippen LogP contribution in [0.3, 0.4) is 0 Å². The first-order valence-electron chi connectivity index (χ1n) is 7.14. The second-order valence-corrected chi connectivity index (χ2v) is 5.57. The Morgan fingerprint density at radius 3 is 2.05 bits per heavy atom. The normalized spacial score (nSPS) is 20.5. The molecular formula is C16H19F2NO. The minimum Gasteiger partial charge on any atom is -0.387 e. The van der Waals surface area contributed by atoms with Crippen molar-refractivity contribution in [3.63, 3.8) is 0 Å². The zero-order valence-corrected chi connectivity index (χ0v) is 11.4. The predicted octanol–water partition coefficient (Wildman–Crippen LogP) is 4.25. The molecule has 2 nitrogen and oxygen atoms in total. The van der Waals surface area contributed by atoms with E-state index in [1.807, 2.05) is 0 Å². The SMILES string of the molecule is N#CC1(C(O)c2c(F)cccc2F)CCCCCCC1. The fraction of sp³-hybridized carbons (Fsp3) is 0.562. The van der Waals surface area contributed by atoms with Gasteiger partial charge in [0.05, 0.1) is 17.0 Å². The second-order valence-electron chi connectivity index (χ2n) is 5.57. The van der Waals surface area contributed by atoms with Crippen LogP contribution in [-0.2, 0) is 0 Å². The van der Waals surface area contributed by atoms with Gasteiger partial charge in [-0.15, -0.1) is 0 Å². The molecule has 0 heterocycles. The summed E-state index contributed by atoms with van der Waals surface area (Å²) in [4.78, 5) is 0. The molecule has 1 saturated carbocycles. The van der Waals surface area contributed by atoms with Gasteiger partial charge in [-0.1, -0.05) is 38.2 Å². The van der Waals surface area contributed by atoms with E-state index in [4.69, 9.17) is 0 Å². The molecule has 0 aromatic heterocycles. The molecule has 1 fully saturated rings. The van der Waals surface area contributed by atoms with Crippen molar-refractivity contribution < 1.29 is 13.9 Å². The third kappa shape index (κ3) is 2.83. The molecule has 0 radical (unpaired) electrons. The van der Waals surface area contributed by atoms with Crippen molar-refractivity contribution in [1.82, 2.24) is 0 Å². The summed E-state index contributed by atoms with van der Waals surface area (Å²) in [5.74, 6) is -1.57. The smallest absolute Gasteiger partial charge is 0.132 e. The van der Waals surface area contributed by atoms with Crippen molar-refractivity contribution in [2.45, 2.75) is 51.0 Å². The lowest BCUT2D eigenvalue weighted by atomic mass is 9.71. The van der Waals surface area contributed by atoms with E-state index >= 15 is 0 Å². The number of rotatable bonds is 2. The van der Waals surface area contributed by atoms with Gasteiger partial charge in [0.25, 0.3) is 0 Å². The van der Waals surface area contributed by atoms with Crippen LogP contribution in [0, 0.1) is 28.4 Å². The highest BCUT2D eigenvalue weighted by molar-refractivity contribution is 5.26. The van der Waals surface area contributed by atoms with Gasteiger partial charge in [-0.25, -0.2) is 8.78 Å². The van der Waals surface area contributed by atoms with Gasteiger partial charge in [-0.2, -0.15) is 5.26 Å². The largest absolute Gasteiger partial charge is 0.387 e. The number of halogens is 2. The molecule has 108 valence electrons. The van der Waals surface area contributed by atoms with E-state index in [0.29, 0.717) is 12.8 Å². The van der Waals surface area contributed by atoms with Gasteiger partial charge in [0, 0.05) is 0 Å². The summed E-state index contributed by atoms with van der Waals surface area (Å²) in [5.41, 5.74) is -1.45. The van der Waals surface area contributed by atoms with Crippen molar-refractivity contribution in [2.24, 2.45) is 5.41 Å². The van der Waals surface area contributed by atoms with E-state index in [2.05, 4.69) is 6.07 Å². The summed E-state index contributed by atoms with van der Waals surface area (Å²) in [5, 5.41) is 20.0. The predicted molar refractivity (Wildman–Crippen MR) is 71.7 cm³/mol. The van der Waals surface area contributed by atoms with Gasteiger partial charge in [0.2, 0.25) is 0 Å². The maximum atomic E-state index is 13.8. The third-order valence-electron chi connectivity index (χ3n) is 4.27. The van der Waals surface area contributed by atoms with Gasteiger partial charge in [-0.3, -0.25) is 0 Å². The molecule has 1 aromatic carbocycles. The van der Waals surface area contributed by atoms with E-state index in [1.54, 1.807) is 0 Å². The highest BCUT2D eigenvalue weighted by Crippen LogP contribution is 2.45. The Morgan fingerprint density at radius 2 is 1.55 bits per heavy atom. The molecule has 2 rings (SSSR count). The Balaban J connectivity index is 2.37. The molecule has 1 aliphatic rings. The minimum absolute atomic E-state index is 0.366. The van der Waals surface area contributed by atoms with Crippen molar-refractivity contribution in [1.29, 1.82) is 5.26 Å². The van der Waals surface area contributed by atoms with Crippen molar-refractivity contribution in [2.75, 3.05) is 0 Å². The standard InChI is InChI=1S/C16H19F2NO/c17-12-7-6-8-13(18)14(12)15(20)16(11-19)9-4-2-1-3-5-10-16/h6-8,15,20H,1-5,9-10H2. The molecule has 0 aliphatic heterocycles. The fourth-order valence-electron chi connectivity index (χ4n) is 3.03. The molecule has 1 atom stereocenters. The van der Waals surface area contributed by atoms with Gasteiger partial charge in [-0.05, 0) is 25.0 Å². The number of nitriles is 1. The van der Waals surface area contributed by atoms with Crippen LogP contribution in [0.25, 0.3) is 0 Å². The first-order chi connectivity index (χ1) is 9.60. The summed E-state index contributed by atoms with van der Waals surface area (Å²) in [6.45, 7) is 0. The zero-order valence-electron chi connectivity index (χ0n) is 11.4. The molecule has 20 heavy (non-hydrogen) atoms. The van der Waals surface area contributed by atoms with Crippen LogP contribution < -0.4 is 0 Å². The van der Waals surface area contributed by atoms with Crippen molar-refractivity contribution in [3.8, 4) is 6.07 Å². The number of benzene rings is 1. The van der Waals surface area contributed by atoms with Crippen LogP contribution >= 0.6 is 0 Å². The van der Waals surface area contributed by atoms with Crippen molar-refractivity contribution in [3.05, 3.63) is 35.4 Å². The summed E-state index contributed by atoms with van der Waals surface area (Å²) in [6, 6.07) is 5.66. The first-order valence-corrected chi connectivity index (χ1v) is 7.14. The second kappa shape index (κ2) is 6.32. The van der Waals surface area contributed by atoms with Crippen LogP contribution in [0.1, 0.15) is 56.6 Å². The van der Waals surface area contributed by atoms with Crippen LogP contribution in [0.2, 0.25) is 0 Å². The minimum atomic E-state index is -1.41. The van der Waals surface area contributed by atoms with E-state index in [-0.39, 0.29) is 5.56 Å². The molecule has 1 N–H and O–H groups in total. The van der Waals surface area contributed by atoms with Crippen molar-refractivity contribution >= 4 is 0 Å². The van der Waals surface area contributed by atoms with E-state index in [9.17, 15) is 19.1 Å². The molecule has 1 aliphatic carbocycles. The molecular weight excluding hydrogens is 260 g/mol. The number of hydrogen-bond donors (Lipinski definition) is 1. The molecule has 0 saturated heterocycles. The number of aliphatic hydroxyl groups excluding tert-OH is 1.